The number of benzene rings is 2. The number of aromatic hydroxyl groups is 1. The molecule has 9 heteroatoms. The zero-order valence-electron chi connectivity index (χ0n) is 26.8. The van der Waals surface area contributed by atoms with Crippen molar-refractivity contribution in [3.63, 3.8) is 0 Å². The van der Waals surface area contributed by atoms with Crippen molar-refractivity contribution in [2.45, 2.75) is 96.1 Å². The van der Waals surface area contributed by atoms with Crippen molar-refractivity contribution in [3.8, 4) is 5.75 Å². The predicted molar refractivity (Wildman–Crippen MR) is 178 cm³/mol. The molecule has 4 rings (SSSR count). The van der Waals surface area contributed by atoms with E-state index in [1.807, 2.05) is 30.3 Å². The van der Waals surface area contributed by atoms with Crippen LogP contribution in [0, 0.1) is 0 Å². The predicted octanol–water partition coefficient (Wildman–Crippen LogP) is 6.68. The third-order valence-electron chi connectivity index (χ3n) is 9.28. The molecule has 2 aromatic carbocycles. The molecule has 0 aliphatic heterocycles. The van der Waals surface area contributed by atoms with Crippen molar-refractivity contribution in [2.24, 2.45) is 0 Å². The lowest BCUT2D eigenvalue weighted by Crippen LogP contribution is -2.43. The zero-order chi connectivity index (χ0) is 31.2. The van der Waals surface area contributed by atoms with Crippen LogP contribution in [0.3, 0.4) is 0 Å². The first kappa shape index (κ1) is 32.9. The number of nitrogens with zero attached hydrogens (tertiary/aromatic N) is 1. The summed E-state index contributed by atoms with van der Waals surface area (Å²) in [5.74, 6) is 0.0838. The second kappa shape index (κ2) is 14.2. The molecule has 8 nitrogen and oxygen atoms in total. The van der Waals surface area contributed by atoms with Crippen molar-refractivity contribution in [1.29, 1.82) is 0 Å². The fraction of sp³-hybridized carbons (Fsp3) is 0.529. The topological polar surface area (TPSA) is 107 Å². The molecule has 1 aliphatic rings. The molecule has 0 saturated heterocycles. The van der Waals surface area contributed by atoms with Gasteiger partial charge in [0.1, 0.15) is 5.75 Å². The Kier molecular flexibility index (Phi) is 10.9. The van der Waals surface area contributed by atoms with E-state index in [1.165, 1.54) is 38.2 Å². The number of phenols is 1. The maximum Gasteiger partial charge on any atom is 0.248 e. The fourth-order valence-corrected chi connectivity index (χ4v) is 6.82. The number of hydrogen-bond donors (Lipinski definition) is 4. The number of aromatic nitrogens is 1. The van der Waals surface area contributed by atoms with E-state index in [-0.39, 0.29) is 28.4 Å². The van der Waals surface area contributed by atoms with Crippen molar-refractivity contribution in [3.05, 3.63) is 70.0 Å². The van der Waals surface area contributed by atoms with E-state index in [1.54, 1.807) is 12.1 Å². The molecular weight excluding hydrogens is 556 g/mol. The first-order chi connectivity index (χ1) is 20.3. The quantitative estimate of drug-likeness (QED) is 0.171. The van der Waals surface area contributed by atoms with Crippen LogP contribution < -0.4 is 16.2 Å². The molecule has 43 heavy (non-hydrogen) atoms. The molecule has 234 valence electrons. The third kappa shape index (κ3) is 8.78. The summed E-state index contributed by atoms with van der Waals surface area (Å²) < 4.78 is 6.90. The summed E-state index contributed by atoms with van der Waals surface area (Å²) in [7, 11) is -0.0203. The molecule has 1 atom stereocenters. The molecule has 1 saturated carbocycles. The van der Waals surface area contributed by atoms with Crippen LogP contribution in [0.4, 0.5) is 5.69 Å². The summed E-state index contributed by atoms with van der Waals surface area (Å²) >= 11 is 0. The molecule has 0 unspecified atom stereocenters. The highest BCUT2D eigenvalue weighted by atomic mass is 28.4. The largest absolute Gasteiger partial charge is 0.506 e. The van der Waals surface area contributed by atoms with Gasteiger partial charge in [-0.05, 0) is 73.4 Å². The zero-order valence-corrected chi connectivity index (χ0v) is 27.8. The molecule has 1 fully saturated rings. The molecule has 1 heterocycles. The Balaban J connectivity index is 1.38. The van der Waals surface area contributed by atoms with Crippen LogP contribution in [-0.4, -0.2) is 55.4 Å². The van der Waals surface area contributed by atoms with Gasteiger partial charge in [0.2, 0.25) is 11.5 Å². The van der Waals surface area contributed by atoms with E-state index in [0.29, 0.717) is 31.1 Å². The Morgan fingerprint density at radius 3 is 2.44 bits per heavy atom. The average molecular weight is 607 g/mol. The molecule has 1 aromatic heterocycles. The van der Waals surface area contributed by atoms with Crippen LogP contribution in [0.2, 0.25) is 18.1 Å². The minimum atomic E-state index is -2.16. The monoisotopic (exact) mass is 606 g/mol. The Hall–Kier alpha value is -2.98. The maximum atomic E-state index is 12.6. The number of anilines is 1. The van der Waals surface area contributed by atoms with Gasteiger partial charge >= 0.3 is 0 Å². The number of phenolic OH excluding ortho intramolecular Hbond substituents is 1. The van der Waals surface area contributed by atoms with Gasteiger partial charge in [-0.3, -0.25) is 9.59 Å². The average Bonchev–Trinajstić information content (AvgIpc) is 2.96. The molecule has 0 bridgehead atoms. The summed E-state index contributed by atoms with van der Waals surface area (Å²) in [6, 6.07) is 15.3. The summed E-state index contributed by atoms with van der Waals surface area (Å²) in [6.45, 7) is 13.1. The number of hydrogen-bond acceptors (Lipinski definition) is 6. The number of nitrogens with one attached hydrogen (secondary N) is 3. The number of carbonyl (C=O) groups excluding carboxylic acids is 1. The van der Waals surface area contributed by atoms with Crippen LogP contribution in [0.25, 0.3) is 10.9 Å². The molecule has 1 aliphatic carbocycles. The lowest BCUT2D eigenvalue weighted by atomic mass is 9.94. The van der Waals surface area contributed by atoms with Gasteiger partial charge in [-0.2, -0.15) is 0 Å². The van der Waals surface area contributed by atoms with E-state index < -0.39 is 8.32 Å². The van der Waals surface area contributed by atoms with E-state index in [4.69, 9.17) is 4.43 Å². The molecule has 1 amide bonds. The van der Waals surface area contributed by atoms with Gasteiger partial charge in [0, 0.05) is 49.2 Å². The second-order valence-corrected chi connectivity index (χ2v) is 18.3. The van der Waals surface area contributed by atoms with Crippen molar-refractivity contribution in [1.82, 2.24) is 15.2 Å². The summed E-state index contributed by atoms with van der Waals surface area (Å²) in [4.78, 5) is 29.7. The van der Waals surface area contributed by atoms with Crippen LogP contribution in [-0.2, 0) is 15.8 Å². The van der Waals surface area contributed by atoms with Crippen molar-refractivity contribution in [2.75, 3.05) is 25.5 Å². The van der Waals surface area contributed by atoms with Crippen LogP contribution in [0.15, 0.2) is 53.3 Å². The fourth-order valence-electron chi connectivity index (χ4n) is 5.55. The van der Waals surface area contributed by atoms with Gasteiger partial charge in [-0.15, -0.1) is 0 Å². The number of fused-ring (bicyclic) bond motifs is 1. The smallest absolute Gasteiger partial charge is 0.248 e. The first-order valence-corrected chi connectivity index (χ1v) is 18.6. The second-order valence-electron chi connectivity index (χ2n) is 13.6. The maximum absolute atomic E-state index is 12.6. The molecule has 0 spiro atoms. The number of pyridine rings is 1. The normalized spacial score (nSPS) is 15.6. The molecular formula is C34H50N4O4Si. The SMILES string of the molecule is CN(CCC(=O)Nc1ccc(CNC[C@H](O[Si](C)(C)C(C)(C)C)c2ccc(O)c3[nH]c(=O)ccc23)cc1)C1CCCCC1. The van der Waals surface area contributed by atoms with Gasteiger partial charge in [0.25, 0.3) is 0 Å². The van der Waals surface area contributed by atoms with Gasteiger partial charge in [0.15, 0.2) is 8.32 Å². The summed E-state index contributed by atoms with van der Waals surface area (Å²) in [5.41, 5.74) is 2.99. The minimum absolute atomic E-state index is 0.0117. The lowest BCUT2D eigenvalue weighted by Gasteiger charge is -2.39. The van der Waals surface area contributed by atoms with E-state index >= 15 is 0 Å². The molecule has 0 radical (unpaired) electrons. The highest BCUT2D eigenvalue weighted by Crippen LogP contribution is 2.41. The Morgan fingerprint density at radius 1 is 1.07 bits per heavy atom. The Bertz CT molecular complexity index is 1430. The van der Waals surface area contributed by atoms with E-state index in [9.17, 15) is 14.7 Å². The van der Waals surface area contributed by atoms with Crippen LogP contribution in [0.5, 0.6) is 5.75 Å². The number of carbonyl (C=O) groups is 1. The number of rotatable bonds is 12. The van der Waals surface area contributed by atoms with Crippen molar-refractivity contribution >= 4 is 30.8 Å². The van der Waals surface area contributed by atoms with Gasteiger partial charge in [-0.1, -0.05) is 58.2 Å². The summed E-state index contributed by atoms with van der Waals surface area (Å²) in [5, 5.41) is 17.8. The van der Waals surface area contributed by atoms with Crippen molar-refractivity contribution < 1.29 is 14.3 Å². The third-order valence-corrected chi connectivity index (χ3v) is 13.8. The summed E-state index contributed by atoms with van der Waals surface area (Å²) in [6.07, 6.45) is 6.61. The highest BCUT2D eigenvalue weighted by molar-refractivity contribution is 6.74. The minimum Gasteiger partial charge on any atom is -0.506 e. The van der Waals surface area contributed by atoms with E-state index in [0.717, 1.165) is 28.7 Å². The van der Waals surface area contributed by atoms with E-state index in [2.05, 4.69) is 61.4 Å². The van der Waals surface area contributed by atoms with Crippen LogP contribution in [0.1, 0.15) is 76.5 Å². The molecule has 4 N–H and O–H groups in total. The number of H-pyrrole nitrogens is 1. The highest BCUT2D eigenvalue weighted by Gasteiger charge is 2.39. The lowest BCUT2D eigenvalue weighted by molar-refractivity contribution is -0.116. The first-order valence-electron chi connectivity index (χ1n) is 15.7. The number of amides is 1. The standard InChI is InChI=1S/C34H50N4O4Si/c1-34(2,3)43(5,6)42-30(27-16-18-29(39)33-28(27)17-19-31(40)37-33)23-35-22-24-12-14-25(15-13-24)36-32(41)20-21-38(4)26-10-8-7-9-11-26/h12-19,26,30,35,39H,7-11,20-23H2,1-6H3,(H,36,41)(H,37,40)/t30-/m0/s1. The van der Waals surface area contributed by atoms with Gasteiger partial charge in [-0.25, -0.2) is 0 Å². The number of aromatic amines is 1. The molecule has 3 aromatic rings. The Morgan fingerprint density at radius 2 is 1.77 bits per heavy atom. The van der Waals surface area contributed by atoms with Gasteiger partial charge < -0.3 is 30.0 Å². The van der Waals surface area contributed by atoms with Crippen LogP contribution >= 0.6 is 0 Å². The Labute approximate surface area is 257 Å². The van der Waals surface area contributed by atoms with Gasteiger partial charge in [0.05, 0.1) is 11.6 Å².